The Morgan fingerprint density at radius 1 is 1.24 bits per heavy atom. The Bertz CT molecular complexity index is 541. The van der Waals surface area contributed by atoms with Crippen molar-refractivity contribution in [1.29, 1.82) is 0 Å². The number of nitrogens with zero attached hydrogens (tertiary/aromatic N) is 5. The summed E-state index contributed by atoms with van der Waals surface area (Å²) < 4.78 is 4.61. The first-order valence-electron chi connectivity index (χ1n) is 4.79. The lowest BCUT2D eigenvalue weighted by atomic mass is 10.2. The van der Waals surface area contributed by atoms with Crippen LogP contribution in [0.5, 0.6) is 0 Å². The van der Waals surface area contributed by atoms with E-state index in [1.807, 2.05) is 0 Å². The van der Waals surface area contributed by atoms with Crippen LogP contribution in [0.1, 0.15) is 16.2 Å². The van der Waals surface area contributed by atoms with E-state index >= 15 is 0 Å². The highest BCUT2D eigenvalue weighted by Gasteiger charge is 2.10. The summed E-state index contributed by atoms with van der Waals surface area (Å²) in [6.45, 7) is 1.68. The molecule has 0 atom stereocenters. The largest absolute Gasteiger partial charge is 0.465 e. The lowest BCUT2D eigenvalue weighted by Gasteiger charge is -2.01. The Balaban J connectivity index is 2.39. The summed E-state index contributed by atoms with van der Waals surface area (Å²) in [4.78, 5) is 15.4. The second-order valence-electron chi connectivity index (χ2n) is 3.19. The molecule has 0 aliphatic heterocycles. The third-order valence-corrected chi connectivity index (χ3v) is 1.99. The molecule has 0 fully saturated rings. The standard InChI is InChI=1S/C10H9N5O2/c1-6-12-14-9(15-13-6)8-5-7(3-4-11-8)10(16)17-2/h3-5H,1-2H3. The minimum atomic E-state index is -0.443. The molecule has 17 heavy (non-hydrogen) atoms. The molecule has 7 nitrogen and oxygen atoms in total. The van der Waals surface area contributed by atoms with Crippen molar-refractivity contribution in [3.05, 3.63) is 29.7 Å². The first-order valence-corrected chi connectivity index (χ1v) is 4.79. The highest BCUT2D eigenvalue weighted by atomic mass is 16.5. The van der Waals surface area contributed by atoms with E-state index in [0.717, 1.165) is 0 Å². The number of methoxy groups -OCH3 is 1. The Hall–Kier alpha value is -2.44. The molecule has 86 valence electrons. The first kappa shape index (κ1) is 11.1. The molecule has 0 N–H and O–H groups in total. The van der Waals surface area contributed by atoms with Gasteiger partial charge in [-0.2, -0.15) is 0 Å². The second kappa shape index (κ2) is 4.60. The Kier molecular flexibility index (Phi) is 2.99. The van der Waals surface area contributed by atoms with Crippen molar-refractivity contribution in [2.24, 2.45) is 0 Å². The van der Waals surface area contributed by atoms with Gasteiger partial charge in [0.15, 0.2) is 5.82 Å². The molecule has 7 heteroatoms. The molecular formula is C10H9N5O2. The number of esters is 1. The summed E-state index contributed by atoms with van der Waals surface area (Å²) in [6, 6.07) is 3.07. The fourth-order valence-electron chi connectivity index (χ4n) is 1.18. The van der Waals surface area contributed by atoms with Crippen LogP contribution < -0.4 is 0 Å². The van der Waals surface area contributed by atoms with Crippen LogP contribution in [0, 0.1) is 6.92 Å². The average Bonchev–Trinajstić information content (AvgIpc) is 2.39. The summed E-state index contributed by atoms with van der Waals surface area (Å²) in [7, 11) is 1.31. The highest BCUT2D eigenvalue weighted by Crippen LogP contribution is 2.12. The molecule has 0 spiro atoms. The molecule has 0 aliphatic carbocycles. The van der Waals surface area contributed by atoms with Crippen LogP contribution in [0.3, 0.4) is 0 Å². The molecular weight excluding hydrogens is 222 g/mol. The van der Waals surface area contributed by atoms with Crippen molar-refractivity contribution in [2.75, 3.05) is 7.11 Å². The quantitative estimate of drug-likeness (QED) is 0.692. The summed E-state index contributed by atoms with van der Waals surface area (Å²) in [5.41, 5.74) is 0.801. The van der Waals surface area contributed by atoms with Gasteiger partial charge in [-0.1, -0.05) is 0 Å². The van der Waals surface area contributed by atoms with Gasteiger partial charge in [0.2, 0.25) is 5.82 Å². The minimum absolute atomic E-state index is 0.265. The molecule has 0 aliphatic rings. The zero-order chi connectivity index (χ0) is 12.3. The molecule has 0 saturated heterocycles. The van der Waals surface area contributed by atoms with E-state index < -0.39 is 5.97 Å². The number of aromatic nitrogens is 5. The molecule has 0 radical (unpaired) electrons. The van der Waals surface area contributed by atoms with E-state index in [0.29, 0.717) is 17.1 Å². The van der Waals surface area contributed by atoms with E-state index in [1.165, 1.54) is 19.4 Å². The van der Waals surface area contributed by atoms with Crippen LogP contribution in [0.15, 0.2) is 18.3 Å². The summed E-state index contributed by atoms with van der Waals surface area (Å²) in [5.74, 6) is 0.293. The zero-order valence-corrected chi connectivity index (χ0v) is 9.28. The number of carbonyl (C=O) groups is 1. The molecule has 2 aromatic heterocycles. The zero-order valence-electron chi connectivity index (χ0n) is 9.28. The maximum absolute atomic E-state index is 11.3. The van der Waals surface area contributed by atoms with Crippen molar-refractivity contribution in [3.8, 4) is 11.5 Å². The number of hydrogen-bond donors (Lipinski definition) is 0. The van der Waals surface area contributed by atoms with Crippen LogP contribution in [-0.4, -0.2) is 38.5 Å². The number of carbonyl (C=O) groups excluding carboxylic acids is 1. The molecule has 2 rings (SSSR count). The number of hydrogen-bond acceptors (Lipinski definition) is 7. The predicted molar refractivity (Wildman–Crippen MR) is 56.9 cm³/mol. The van der Waals surface area contributed by atoms with Gasteiger partial charge in [0.25, 0.3) is 0 Å². The maximum atomic E-state index is 11.3. The van der Waals surface area contributed by atoms with Gasteiger partial charge in [-0.05, 0) is 19.1 Å². The van der Waals surface area contributed by atoms with Gasteiger partial charge >= 0.3 is 5.97 Å². The van der Waals surface area contributed by atoms with E-state index in [2.05, 4.69) is 30.1 Å². The fraction of sp³-hybridized carbons (Fsp3) is 0.200. The predicted octanol–water partition coefficient (Wildman–Crippen LogP) is 0.424. The van der Waals surface area contributed by atoms with Crippen LogP contribution in [0.25, 0.3) is 11.5 Å². The van der Waals surface area contributed by atoms with Crippen LogP contribution in [0.2, 0.25) is 0 Å². The number of ether oxygens (including phenoxy) is 1. The third-order valence-electron chi connectivity index (χ3n) is 1.99. The van der Waals surface area contributed by atoms with Crippen LogP contribution in [0.4, 0.5) is 0 Å². The van der Waals surface area contributed by atoms with E-state index in [4.69, 9.17) is 0 Å². The lowest BCUT2D eigenvalue weighted by molar-refractivity contribution is 0.0600. The first-order chi connectivity index (χ1) is 8.20. The Morgan fingerprint density at radius 3 is 2.59 bits per heavy atom. The Morgan fingerprint density at radius 2 is 1.94 bits per heavy atom. The van der Waals surface area contributed by atoms with Gasteiger partial charge in [0.1, 0.15) is 5.69 Å². The van der Waals surface area contributed by atoms with Gasteiger partial charge in [0, 0.05) is 6.20 Å². The smallest absolute Gasteiger partial charge is 0.337 e. The van der Waals surface area contributed by atoms with Gasteiger partial charge in [0.05, 0.1) is 12.7 Å². The molecule has 2 aromatic rings. The van der Waals surface area contributed by atoms with Gasteiger partial charge in [-0.25, -0.2) is 4.79 Å². The topological polar surface area (TPSA) is 90.8 Å². The minimum Gasteiger partial charge on any atom is -0.465 e. The Labute approximate surface area is 96.9 Å². The number of pyridine rings is 1. The van der Waals surface area contributed by atoms with Gasteiger partial charge in [-0.3, -0.25) is 4.98 Å². The second-order valence-corrected chi connectivity index (χ2v) is 3.19. The van der Waals surface area contributed by atoms with Gasteiger partial charge < -0.3 is 4.74 Å². The molecule has 0 bridgehead atoms. The monoisotopic (exact) mass is 231 g/mol. The van der Waals surface area contributed by atoms with E-state index in [1.54, 1.807) is 13.0 Å². The van der Waals surface area contributed by atoms with Crippen molar-refractivity contribution in [1.82, 2.24) is 25.4 Å². The third kappa shape index (κ3) is 2.39. The summed E-state index contributed by atoms with van der Waals surface area (Å²) >= 11 is 0. The molecule has 0 aromatic carbocycles. The van der Waals surface area contributed by atoms with Crippen molar-refractivity contribution >= 4 is 5.97 Å². The van der Waals surface area contributed by atoms with Crippen molar-refractivity contribution in [2.45, 2.75) is 6.92 Å². The van der Waals surface area contributed by atoms with Gasteiger partial charge in [-0.15, -0.1) is 20.4 Å². The lowest BCUT2D eigenvalue weighted by Crippen LogP contribution is -2.04. The van der Waals surface area contributed by atoms with Crippen molar-refractivity contribution in [3.63, 3.8) is 0 Å². The van der Waals surface area contributed by atoms with E-state index in [9.17, 15) is 4.79 Å². The summed E-state index contributed by atoms with van der Waals surface area (Å²) in [6.07, 6.45) is 1.48. The maximum Gasteiger partial charge on any atom is 0.337 e. The summed E-state index contributed by atoms with van der Waals surface area (Å²) in [5, 5.41) is 15.2. The molecule has 2 heterocycles. The van der Waals surface area contributed by atoms with E-state index in [-0.39, 0.29) is 5.82 Å². The van der Waals surface area contributed by atoms with Crippen LogP contribution in [-0.2, 0) is 4.74 Å². The number of rotatable bonds is 2. The molecule has 0 amide bonds. The van der Waals surface area contributed by atoms with Crippen molar-refractivity contribution < 1.29 is 9.53 Å². The normalized spacial score (nSPS) is 10.0. The molecule has 0 unspecified atom stereocenters. The van der Waals surface area contributed by atoms with Crippen LogP contribution >= 0.6 is 0 Å². The fourth-order valence-corrected chi connectivity index (χ4v) is 1.18. The number of aryl methyl sites for hydroxylation is 1. The molecule has 0 saturated carbocycles. The highest BCUT2D eigenvalue weighted by molar-refractivity contribution is 5.90. The SMILES string of the molecule is COC(=O)c1ccnc(-c2nnc(C)nn2)c1. The average molecular weight is 231 g/mol.